The van der Waals surface area contributed by atoms with Gasteiger partial charge in [0.15, 0.2) is 5.79 Å². The van der Waals surface area contributed by atoms with Crippen LogP contribution in [-0.2, 0) is 35.3 Å². The van der Waals surface area contributed by atoms with Gasteiger partial charge in [-0.2, -0.15) is 0 Å². The first-order valence-electron chi connectivity index (χ1n) is 15.8. The lowest BCUT2D eigenvalue weighted by Crippen LogP contribution is -2.38. The molecule has 1 aromatic heterocycles. The van der Waals surface area contributed by atoms with E-state index in [1.54, 1.807) is 0 Å². The maximum Gasteiger partial charge on any atom is 0.168 e. The van der Waals surface area contributed by atoms with E-state index in [9.17, 15) is 0 Å². The fraction of sp³-hybridized carbons (Fsp3) is 0.528. The van der Waals surface area contributed by atoms with Gasteiger partial charge in [0.25, 0.3) is 0 Å². The number of aryl methyl sites for hydroxylation is 4. The highest BCUT2D eigenvalue weighted by atomic mass is 16.7. The van der Waals surface area contributed by atoms with Crippen LogP contribution >= 0.6 is 0 Å². The Kier molecular flexibility index (Phi) is 8.48. The van der Waals surface area contributed by atoms with Crippen LogP contribution in [0.25, 0.3) is 11.3 Å². The molecule has 1 saturated heterocycles. The van der Waals surface area contributed by atoms with Crippen molar-refractivity contribution in [3.63, 3.8) is 0 Å². The molecule has 5 nitrogen and oxygen atoms in total. The monoisotopic (exact) mass is 554 g/mol. The number of fused-ring (bicyclic) bond motifs is 1. The van der Waals surface area contributed by atoms with Crippen LogP contribution in [0, 0.1) is 6.92 Å². The normalized spacial score (nSPS) is 20.5. The second-order valence-corrected chi connectivity index (χ2v) is 12.2. The molecule has 1 spiro atoms. The van der Waals surface area contributed by atoms with Crippen molar-refractivity contribution in [2.75, 3.05) is 20.3 Å². The van der Waals surface area contributed by atoms with E-state index in [0.29, 0.717) is 19.3 Å². The predicted octanol–water partition coefficient (Wildman–Crippen LogP) is 7.76. The number of nitrogens with zero attached hydrogens (tertiary/aromatic N) is 2. The largest absolute Gasteiger partial charge is 0.490 e. The standard InChI is InChI=1S/C36H46N2O3/c1-5-26-12-9-13-27(6-2)35(26)32-23-34(41-29-17-19-36(20-18-29)39-21-22-40-36)31(25(3)37-32)24-38(4)33-16-10-14-28-11-7-8-15-30(28)33/h7-9,11-13,15,23,29,33H,5-6,10,14,16-22,24H2,1-4H3. The first-order chi connectivity index (χ1) is 20.0. The van der Waals surface area contributed by atoms with E-state index in [2.05, 4.69) is 81.2 Å². The third-order valence-electron chi connectivity index (χ3n) is 9.62. The fourth-order valence-corrected chi connectivity index (χ4v) is 7.33. The molecule has 0 radical (unpaired) electrons. The van der Waals surface area contributed by atoms with Crippen molar-refractivity contribution in [1.82, 2.24) is 9.88 Å². The predicted molar refractivity (Wildman–Crippen MR) is 164 cm³/mol. The lowest BCUT2D eigenvalue weighted by atomic mass is 9.87. The van der Waals surface area contributed by atoms with Crippen molar-refractivity contribution in [2.45, 2.75) is 103 Å². The number of hydrogen-bond donors (Lipinski definition) is 0. The molecule has 41 heavy (non-hydrogen) atoms. The Morgan fingerprint density at radius 1 is 0.951 bits per heavy atom. The minimum absolute atomic E-state index is 0.148. The summed E-state index contributed by atoms with van der Waals surface area (Å²) in [5.41, 5.74) is 10.3. The number of aromatic nitrogens is 1. The van der Waals surface area contributed by atoms with Gasteiger partial charge in [0.1, 0.15) is 5.75 Å². The quantitative estimate of drug-likeness (QED) is 0.285. The van der Waals surface area contributed by atoms with Crippen LogP contribution in [0.3, 0.4) is 0 Å². The summed E-state index contributed by atoms with van der Waals surface area (Å²) in [6, 6.07) is 18.3. The van der Waals surface area contributed by atoms with Gasteiger partial charge in [-0.15, -0.1) is 0 Å². The molecule has 1 atom stereocenters. The minimum atomic E-state index is -0.382. The van der Waals surface area contributed by atoms with Gasteiger partial charge in [-0.1, -0.05) is 56.3 Å². The van der Waals surface area contributed by atoms with Gasteiger partial charge < -0.3 is 14.2 Å². The van der Waals surface area contributed by atoms with E-state index in [-0.39, 0.29) is 11.9 Å². The Bertz CT molecular complexity index is 1330. The van der Waals surface area contributed by atoms with E-state index in [1.165, 1.54) is 52.6 Å². The summed E-state index contributed by atoms with van der Waals surface area (Å²) in [5, 5.41) is 0. The van der Waals surface area contributed by atoms with Crippen LogP contribution in [0.5, 0.6) is 5.75 Å². The number of benzene rings is 2. The van der Waals surface area contributed by atoms with Crippen molar-refractivity contribution in [1.29, 1.82) is 0 Å². The zero-order chi connectivity index (χ0) is 28.4. The van der Waals surface area contributed by atoms with Gasteiger partial charge in [0.05, 0.1) is 25.0 Å². The van der Waals surface area contributed by atoms with Gasteiger partial charge in [-0.25, -0.2) is 0 Å². The van der Waals surface area contributed by atoms with Crippen LogP contribution in [0.4, 0.5) is 0 Å². The van der Waals surface area contributed by atoms with Crippen molar-refractivity contribution in [2.24, 2.45) is 0 Å². The molecule has 3 aliphatic rings. The van der Waals surface area contributed by atoms with Gasteiger partial charge in [-0.05, 0) is 81.2 Å². The van der Waals surface area contributed by atoms with Gasteiger partial charge >= 0.3 is 0 Å². The average molecular weight is 555 g/mol. The number of hydrogen-bond acceptors (Lipinski definition) is 5. The molecule has 1 unspecified atom stereocenters. The van der Waals surface area contributed by atoms with Crippen molar-refractivity contribution >= 4 is 0 Å². The van der Waals surface area contributed by atoms with E-state index < -0.39 is 0 Å². The molecule has 1 saturated carbocycles. The molecule has 2 aliphatic carbocycles. The van der Waals surface area contributed by atoms with E-state index in [1.807, 2.05) is 0 Å². The second-order valence-electron chi connectivity index (χ2n) is 12.2. The van der Waals surface area contributed by atoms with Crippen molar-refractivity contribution < 1.29 is 14.2 Å². The Morgan fingerprint density at radius 3 is 2.37 bits per heavy atom. The molecule has 6 rings (SSSR count). The number of rotatable bonds is 8. The lowest BCUT2D eigenvalue weighted by Gasteiger charge is -2.36. The molecule has 5 heteroatoms. The molecule has 3 aromatic rings. The first kappa shape index (κ1) is 28.4. The Labute approximate surface area is 246 Å². The Hall–Kier alpha value is -2.73. The molecule has 2 aromatic carbocycles. The number of ether oxygens (including phenoxy) is 3. The lowest BCUT2D eigenvalue weighted by molar-refractivity contribution is -0.186. The summed E-state index contributed by atoms with van der Waals surface area (Å²) >= 11 is 0. The van der Waals surface area contributed by atoms with Crippen molar-refractivity contribution in [3.8, 4) is 17.0 Å². The molecule has 2 fully saturated rings. The topological polar surface area (TPSA) is 43.8 Å². The van der Waals surface area contributed by atoms with Gasteiger partial charge in [-0.3, -0.25) is 9.88 Å². The Morgan fingerprint density at radius 2 is 1.66 bits per heavy atom. The summed E-state index contributed by atoms with van der Waals surface area (Å²) in [5.74, 6) is 0.609. The van der Waals surface area contributed by atoms with Crippen LogP contribution in [0.15, 0.2) is 48.5 Å². The smallest absolute Gasteiger partial charge is 0.168 e. The van der Waals surface area contributed by atoms with E-state index in [4.69, 9.17) is 19.2 Å². The molecule has 2 heterocycles. The van der Waals surface area contributed by atoms with Crippen LogP contribution in [-0.4, -0.2) is 42.0 Å². The highest BCUT2D eigenvalue weighted by Gasteiger charge is 2.41. The van der Waals surface area contributed by atoms with E-state index >= 15 is 0 Å². The summed E-state index contributed by atoms with van der Waals surface area (Å²) < 4.78 is 19.0. The third kappa shape index (κ3) is 5.82. The fourth-order valence-electron chi connectivity index (χ4n) is 7.33. The molecule has 218 valence electrons. The zero-order valence-corrected chi connectivity index (χ0v) is 25.4. The molecular formula is C36H46N2O3. The van der Waals surface area contributed by atoms with Gasteiger partial charge in [0, 0.05) is 48.3 Å². The summed E-state index contributed by atoms with van der Waals surface area (Å²) in [4.78, 5) is 7.78. The third-order valence-corrected chi connectivity index (χ3v) is 9.62. The number of pyridine rings is 1. The molecule has 0 bridgehead atoms. The molecule has 0 amide bonds. The zero-order valence-electron chi connectivity index (χ0n) is 25.4. The second kappa shape index (κ2) is 12.2. The molecule has 1 aliphatic heterocycles. The van der Waals surface area contributed by atoms with Crippen LogP contribution in [0.2, 0.25) is 0 Å². The highest BCUT2D eigenvalue weighted by Crippen LogP contribution is 2.40. The highest BCUT2D eigenvalue weighted by molar-refractivity contribution is 5.70. The van der Waals surface area contributed by atoms with E-state index in [0.717, 1.165) is 62.2 Å². The Balaban J connectivity index is 1.34. The maximum atomic E-state index is 6.96. The minimum Gasteiger partial charge on any atom is -0.490 e. The van der Waals surface area contributed by atoms with Crippen molar-refractivity contribution in [3.05, 3.63) is 82.0 Å². The van der Waals surface area contributed by atoms with Crippen LogP contribution < -0.4 is 4.74 Å². The first-order valence-corrected chi connectivity index (χ1v) is 15.8. The SMILES string of the molecule is CCc1cccc(CC)c1-c1cc(OC2CCC3(CC2)OCCO3)c(CN(C)C2CCCc3ccccc32)c(C)n1. The van der Waals surface area contributed by atoms with Crippen LogP contribution in [0.1, 0.15) is 91.9 Å². The molecule has 0 N–H and O–H groups in total. The summed E-state index contributed by atoms with van der Waals surface area (Å²) in [6.07, 6.45) is 9.36. The summed E-state index contributed by atoms with van der Waals surface area (Å²) in [6.45, 7) is 8.86. The van der Waals surface area contributed by atoms with Gasteiger partial charge in [0.2, 0.25) is 0 Å². The molecular weight excluding hydrogens is 508 g/mol. The summed E-state index contributed by atoms with van der Waals surface area (Å²) in [7, 11) is 2.27. The average Bonchev–Trinajstić information content (AvgIpc) is 3.46. The maximum absolute atomic E-state index is 6.96.